The van der Waals surface area contributed by atoms with E-state index < -0.39 is 5.91 Å². The second-order valence-corrected chi connectivity index (χ2v) is 6.74. The molecular weight excluding hydrogens is 358 g/mol. The lowest BCUT2D eigenvalue weighted by molar-refractivity contribution is 0.0995. The molecule has 1 saturated heterocycles. The molecule has 4 rings (SSSR count). The molecule has 146 valence electrons. The van der Waals surface area contributed by atoms with Gasteiger partial charge in [-0.2, -0.15) is 10.1 Å². The number of rotatable bonds is 6. The zero-order chi connectivity index (χ0) is 19.5. The fourth-order valence-corrected chi connectivity index (χ4v) is 3.33. The molecule has 10 heteroatoms. The van der Waals surface area contributed by atoms with E-state index in [0.717, 1.165) is 49.1 Å². The third-order valence-electron chi connectivity index (χ3n) is 4.76. The summed E-state index contributed by atoms with van der Waals surface area (Å²) in [5.41, 5.74) is 7.20. The van der Waals surface area contributed by atoms with Crippen molar-refractivity contribution in [1.29, 1.82) is 0 Å². The monoisotopic (exact) mass is 381 g/mol. The number of fused-ring (bicyclic) bond motifs is 1. The normalized spacial score (nSPS) is 16.8. The lowest BCUT2D eigenvalue weighted by Gasteiger charge is -2.23. The number of nitrogens with one attached hydrogen (secondary N) is 3. The first-order chi connectivity index (χ1) is 13.6. The Balaban J connectivity index is 1.63. The topological polar surface area (TPSA) is 136 Å². The van der Waals surface area contributed by atoms with Gasteiger partial charge in [-0.1, -0.05) is 0 Å². The molecule has 1 fully saturated rings. The maximum absolute atomic E-state index is 11.8. The van der Waals surface area contributed by atoms with Gasteiger partial charge in [0.1, 0.15) is 0 Å². The van der Waals surface area contributed by atoms with Crippen molar-refractivity contribution in [3.63, 3.8) is 0 Å². The number of hydrogen-bond acceptors (Lipinski definition) is 8. The summed E-state index contributed by atoms with van der Waals surface area (Å²) in [5, 5.41) is 23.1. The average Bonchev–Trinajstić information content (AvgIpc) is 3.11. The van der Waals surface area contributed by atoms with Crippen molar-refractivity contribution in [1.82, 2.24) is 30.3 Å². The van der Waals surface area contributed by atoms with Crippen molar-refractivity contribution in [2.75, 3.05) is 23.7 Å². The van der Waals surface area contributed by atoms with E-state index >= 15 is 0 Å². The molecule has 2 aromatic heterocycles. The van der Waals surface area contributed by atoms with Gasteiger partial charge in [0.2, 0.25) is 5.95 Å². The fraction of sp³-hybridized carbons (Fsp3) is 0.389. The predicted octanol–water partition coefficient (Wildman–Crippen LogP) is 1.25. The van der Waals surface area contributed by atoms with Gasteiger partial charge in [0.15, 0.2) is 11.5 Å². The quantitative estimate of drug-likeness (QED) is 0.501. The first-order valence-electron chi connectivity index (χ1n) is 9.38. The van der Waals surface area contributed by atoms with Crippen molar-refractivity contribution in [3.8, 4) is 0 Å². The Kier molecular flexibility index (Phi) is 5.02. The van der Waals surface area contributed by atoms with Crippen LogP contribution in [0.5, 0.6) is 0 Å². The molecule has 3 heterocycles. The summed E-state index contributed by atoms with van der Waals surface area (Å²) in [6, 6.07) is 6.03. The van der Waals surface area contributed by atoms with Crippen LogP contribution in [0, 0.1) is 0 Å². The van der Waals surface area contributed by atoms with E-state index in [0.29, 0.717) is 5.95 Å². The third-order valence-corrected chi connectivity index (χ3v) is 4.76. The number of aryl methyl sites for hydroxylation is 1. The van der Waals surface area contributed by atoms with Gasteiger partial charge in [-0.15, -0.1) is 10.2 Å². The van der Waals surface area contributed by atoms with E-state index in [1.54, 1.807) is 0 Å². The molecule has 28 heavy (non-hydrogen) atoms. The number of hydrogen-bond donors (Lipinski definition) is 4. The molecule has 1 amide bonds. The Labute approximate surface area is 161 Å². The maximum atomic E-state index is 11.8. The Bertz CT molecular complexity index is 994. The largest absolute Gasteiger partial charge is 0.364 e. The second-order valence-electron chi connectivity index (χ2n) is 6.74. The van der Waals surface area contributed by atoms with Crippen molar-refractivity contribution >= 4 is 34.3 Å². The first kappa shape index (κ1) is 18.1. The number of aromatic nitrogens is 5. The number of anilines is 3. The lowest BCUT2D eigenvalue weighted by atomic mass is 10.1. The molecule has 0 spiro atoms. The van der Waals surface area contributed by atoms with Gasteiger partial charge in [-0.25, -0.2) is 0 Å². The van der Waals surface area contributed by atoms with Crippen LogP contribution in [0.1, 0.15) is 30.3 Å². The summed E-state index contributed by atoms with van der Waals surface area (Å²) in [5.74, 6) is -0.0513. The molecule has 5 N–H and O–H groups in total. The minimum atomic E-state index is -0.687. The van der Waals surface area contributed by atoms with Crippen LogP contribution >= 0.6 is 0 Å². The van der Waals surface area contributed by atoms with E-state index in [1.165, 1.54) is 0 Å². The van der Waals surface area contributed by atoms with E-state index in [9.17, 15) is 4.79 Å². The summed E-state index contributed by atoms with van der Waals surface area (Å²) < 4.78 is 1.90. The van der Waals surface area contributed by atoms with E-state index in [-0.39, 0.29) is 17.6 Å². The van der Waals surface area contributed by atoms with Crippen molar-refractivity contribution in [2.45, 2.75) is 32.4 Å². The van der Waals surface area contributed by atoms with Crippen LogP contribution in [0.3, 0.4) is 0 Å². The Hall–Kier alpha value is -3.27. The van der Waals surface area contributed by atoms with E-state index in [2.05, 4.69) is 36.2 Å². The van der Waals surface area contributed by atoms with Crippen LogP contribution in [-0.4, -0.2) is 50.0 Å². The van der Waals surface area contributed by atoms with Gasteiger partial charge in [0.05, 0.1) is 11.7 Å². The molecule has 0 saturated carbocycles. The molecule has 1 aliphatic rings. The SMILES string of the molecule is CCn1ncc2ccc(Nc3nc(N[C@@H]4CCCNC4)nnc3C(N)=O)cc21. The van der Waals surface area contributed by atoms with Gasteiger partial charge in [0, 0.05) is 30.2 Å². The zero-order valence-electron chi connectivity index (χ0n) is 15.6. The molecule has 1 aromatic carbocycles. The standard InChI is InChI=1S/C18H23N9O/c1-2-27-14-8-12(6-5-11(14)9-21-27)22-17-15(16(19)28)25-26-18(24-17)23-13-4-3-7-20-10-13/h5-6,8-9,13,20H,2-4,7,10H2,1H3,(H2,19,28)(H2,22,23,24,26)/t13-/m1/s1. The van der Waals surface area contributed by atoms with Crippen LogP contribution in [0.25, 0.3) is 10.9 Å². The number of nitrogens with two attached hydrogens (primary N) is 1. The minimum Gasteiger partial charge on any atom is -0.364 e. The van der Waals surface area contributed by atoms with Crippen molar-refractivity contribution < 1.29 is 4.79 Å². The molecule has 1 atom stereocenters. The van der Waals surface area contributed by atoms with Crippen LogP contribution < -0.4 is 21.7 Å². The Morgan fingerprint density at radius 3 is 3.04 bits per heavy atom. The summed E-state index contributed by atoms with van der Waals surface area (Å²) in [6.45, 7) is 4.64. The summed E-state index contributed by atoms with van der Waals surface area (Å²) >= 11 is 0. The summed E-state index contributed by atoms with van der Waals surface area (Å²) in [7, 11) is 0. The number of piperidine rings is 1. The van der Waals surface area contributed by atoms with Gasteiger partial charge in [-0.05, 0) is 44.5 Å². The second kappa shape index (κ2) is 7.77. The van der Waals surface area contributed by atoms with Crippen LogP contribution in [-0.2, 0) is 6.54 Å². The fourth-order valence-electron chi connectivity index (χ4n) is 3.33. The van der Waals surface area contributed by atoms with Gasteiger partial charge in [0.25, 0.3) is 5.91 Å². The molecule has 3 aromatic rings. The average molecular weight is 381 g/mol. The van der Waals surface area contributed by atoms with Gasteiger partial charge in [-0.3, -0.25) is 9.48 Å². The highest BCUT2D eigenvalue weighted by atomic mass is 16.1. The third kappa shape index (κ3) is 3.72. The van der Waals surface area contributed by atoms with E-state index in [4.69, 9.17) is 5.73 Å². The molecule has 0 unspecified atom stereocenters. The van der Waals surface area contributed by atoms with Crippen LogP contribution in [0.2, 0.25) is 0 Å². The number of benzene rings is 1. The highest BCUT2D eigenvalue weighted by molar-refractivity contribution is 5.96. The molecule has 0 radical (unpaired) electrons. The Morgan fingerprint density at radius 2 is 2.29 bits per heavy atom. The summed E-state index contributed by atoms with van der Waals surface area (Å²) in [6.07, 6.45) is 3.93. The number of nitrogens with zero attached hydrogens (tertiary/aromatic N) is 5. The minimum absolute atomic E-state index is 0.00332. The number of carbonyl (C=O) groups is 1. The van der Waals surface area contributed by atoms with E-state index in [1.807, 2.05) is 36.0 Å². The highest BCUT2D eigenvalue weighted by Crippen LogP contribution is 2.23. The van der Waals surface area contributed by atoms with Crippen LogP contribution in [0.15, 0.2) is 24.4 Å². The van der Waals surface area contributed by atoms with Crippen LogP contribution in [0.4, 0.5) is 17.5 Å². The zero-order valence-corrected chi connectivity index (χ0v) is 15.6. The molecule has 1 aliphatic heterocycles. The number of primary amides is 1. The smallest absolute Gasteiger partial charge is 0.273 e. The molecule has 10 nitrogen and oxygen atoms in total. The van der Waals surface area contributed by atoms with Gasteiger partial charge >= 0.3 is 0 Å². The number of carbonyl (C=O) groups excluding carboxylic acids is 1. The summed E-state index contributed by atoms with van der Waals surface area (Å²) in [4.78, 5) is 16.2. The van der Waals surface area contributed by atoms with Crippen molar-refractivity contribution in [2.24, 2.45) is 5.73 Å². The molecule has 0 aliphatic carbocycles. The highest BCUT2D eigenvalue weighted by Gasteiger charge is 2.18. The Morgan fingerprint density at radius 1 is 1.39 bits per heavy atom. The lowest BCUT2D eigenvalue weighted by Crippen LogP contribution is -2.39. The predicted molar refractivity (Wildman–Crippen MR) is 107 cm³/mol. The van der Waals surface area contributed by atoms with Crippen molar-refractivity contribution in [3.05, 3.63) is 30.1 Å². The van der Waals surface area contributed by atoms with Gasteiger partial charge < -0.3 is 21.7 Å². The number of amides is 1. The maximum Gasteiger partial charge on any atom is 0.273 e. The molecular formula is C18H23N9O. The molecule has 0 bridgehead atoms. The first-order valence-corrected chi connectivity index (χ1v) is 9.38.